The first-order chi connectivity index (χ1) is 14.0. The highest BCUT2D eigenvalue weighted by atomic mass is 16.3. The quantitative estimate of drug-likeness (QED) is 0.460. The Morgan fingerprint density at radius 3 is 2.33 bits per heavy atom. The molecule has 0 aromatic carbocycles. The first-order valence-corrected chi connectivity index (χ1v) is 13.3. The topological polar surface area (TPSA) is 20.2 Å². The molecule has 4 aliphatic rings. The fourth-order valence-electron chi connectivity index (χ4n) is 9.41. The predicted octanol–water partition coefficient (Wildman–Crippen LogP) is 8.17. The molecule has 30 heavy (non-hydrogen) atoms. The molecule has 4 saturated carbocycles. The number of allylic oxidation sites excluding steroid dienone is 2. The standard InChI is InChI=1S/C29H50O/c1-20(2)9-8-10-21(3)23-13-11-22-12-14-24-27(6,7)25(30)15-16-29(24)19-28(22,29)18-17-26(23,4)5/h9,21-25,30H,8,10-19H2,1-7H3. The van der Waals surface area contributed by atoms with Crippen molar-refractivity contribution < 1.29 is 5.11 Å². The Hall–Kier alpha value is -0.300. The van der Waals surface area contributed by atoms with Crippen LogP contribution in [0.5, 0.6) is 0 Å². The van der Waals surface area contributed by atoms with Gasteiger partial charge in [0.25, 0.3) is 0 Å². The molecular formula is C29H50O. The van der Waals surface area contributed by atoms with Gasteiger partial charge in [0.2, 0.25) is 0 Å². The largest absolute Gasteiger partial charge is 0.393 e. The molecule has 0 amide bonds. The molecule has 0 aliphatic heterocycles. The van der Waals surface area contributed by atoms with Gasteiger partial charge in [-0.25, -0.2) is 0 Å². The molecule has 0 saturated heterocycles. The molecular weight excluding hydrogens is 364 g/mol. The first kappa shape index (κ1) is 22.9. The van der Waals surface area contributed by atoms with Crippen LogP contribution in [0.2, 0.25) is 0 Å². The number of rotatable bonds is 4. The number of aliphatic hydroxyl groups excluding tert-OH is 1. The number of hydrogen-bond acceptors (Lipinski definition) is 1. The molecule has 7 unspecified atom stereocenters. The van der Waals surface area contributed by atoms with Gasteiger partial charge in [0, 0.05) is 0 Å². The summed E-state index contributed by atoms with van der Waals surface area (Å²) in [6.45, 7) is 17.0. The van der Waals surface area contributed by atoms with Crippen molar-refractivity contribution >= 4 is 0 Å². The number of hydrogen-bond donors (Lipinski definition) is 1. The van der Waals surface area contributed by atoms with Gasteiger partial charge in [-0.3, -0.25) is 0 Å². The summed E-state index contributed by atoms with van der Waals surface area (Å²) in [4.78, 5) is 0. The average molecular weight is 415 g/mol. The monoisotopic (exact) mass is 414 g/mol. The Morgan fingerprint density at radius 1 is 0.933 bits per heavy atom. The van der Waals surface area contributed by atoms with Crippen LogP contribution in [0, 0.1) is 45.3 Å². The second-order valence-corrected chi connectivity index (χ2v) is 13.7. The third-order valence-electron chi connectivity index (χ3n) is 11.3. The van der Waals surface area contributed by atoms with Gasteiger partial charge in [-0.2, -0.15) is 0 Å². The van der Waals surface area contributed by atoms with Crippen molar-refractivity contribution in [3.8, 4) is 0 Å². The first-order valence-electron chi connectivity index (χ1n) is 13.3. The fraction of sp³-hybridized carbons (Fsp3) is 0.931. The van der Waals surface area contributed by atoms with E-state index in [-0.39, 0.29) is 11.5 Å². The third kappa shape index (κ3) is 3.45. The SMILES string of the molecule is CC(C)=CCCC(C)C1CCC2CCC3C(C)(C)C(O)CCC34CC24CCC1(C)C. The molecule has 7 atom stereocenters. The summed E-state index contributed by atoms with van der Waals surface area (Å²) in [7, 11) is 0. The molecule has 1 N–H and O–H groups in total. The normalized spacial score (nSPS) is 45.1. The van der Waals surface area contributed by atoms with Gasteiger partial charge in [-0.1, -0.05) is 46.3 Å². The van der Waals surface area contributed by atoms with E-state index in [1.165, 1.54) is 69.8 Å². The second-order valence-electron chi connectivity index (χ2n) is 13.7. The van der Waals surface area contributed by atoms with E-state index >= 15 is 0 Å². The third-order valence-corrected chi connectivity index (χ3v) is 11.3. The highest BCUT2D eigenvalue weighted by molar-refractivity contribution is 5.25. The zero-order valence-electron chi connectivity index (χ0n) is 21.2. The molecule has 0 bridgehead atoms. The van der Waals surface area contributed by atoms with Crippen molar-refractivity contribution in [2.75, 3.05) is 0 Å². The van der Waals surface area contributed by atoms with E-state index in [4.69, 9.17) is 0 Å². The Bertz CT molecular complexity index is 668. The molecule has 0 aromatic heterocycles. The van der Waals surface area contributed by atoms with E-state index in [1.54, 1.807) is 0 Å². The van der Waals surface area contributed by atoms with Crippen LogP contribution >= 0.6 is 0 Å². The zero-order valence-corrected chi connectivity index (χ0v) is 21.2. The van der Waals surface area contributed by atoms with Crippen molar-refractivity contribution in [3.63, 3.8) is 0 Å². The van der Waals surface area contributed by atoms with Gasteiger partial charge in [0.1, 0.15) is 0 Å². The summed E-state index contributed by atoms with van der Waals surface area (Å²) < 4.78 is 0. The lowest BCUT2D eigenvalue weighted by Crippen LogP contribution is -2.51. The number of aliphatic hydroxyl groups is 1. The van der Waals surface area contributed by atoms with Gasteiger partial charge in [-0.15, -0.1) is 0 Å². The molecule has 4 rings (SSSR count). The Labute approximate surface area is 187 Å². The lowest BCUT2D eigenvalue weighted by Gasteiger charge is -2.56. The van der Waals surface area contributed by atoms with Crippen LogP contribution in [0.1, 0.15) is 119 Å². The highest BCUT2D eigenvalue weighted by Crippen LogP contribution is 2.84. The Balaban J connectivity index is 1.51. The van der Waals surface area contributed by atoms with Crippen LogP contribution in [0.4, 0.5) is 0 Å². The molecule has 0 radical (unpaired) electrons. The van der Waals surface area contributed by atoms with Crippen LogP contribution in [-0.4, -0.2) is 11.2 Å². The molecule has 0 heterocycles. The fourth-order valence-corrected chi connectivity index (χ4v) is 9.41. The maximum Gasteiger partial charge on any atom is 0.0594 e. The summed E-state index contributed by atoms with van der Waals surface area (Å²) in [5.74, 6) is 3.42. The van der Waals surface area contributed by atoms with Crippen molar-refractivity contribution in [1.29, 1.82) is 0 Å². The van der Waals surface area contributed by atoms with Crippen LogP contribution in [-0.2, 0) is 0 Å². The summed E-state index contributed by atoms with van der Waals surface area (Å²) in [5, 5.41) is 10.8. The molecule has 1 heteroatoms. The smallest absolute Gasteiger partial charge is 0.0594 e. The van der Waals surface area contributed by atoms with E-state index in [2.05, 4.69) is 54.5 Å². The van der Waals surface area contributed by atoms with Crippen LogP contribution in [0.3, 0.4) is 0 Å². The predicted molar refractivity (Wildman–Crippen MR) is 128 cm³/mol. The molecule has 4 fully saturated rings. The molecule has 2 spiro atoms. The lowest BCUT2D eigenvalue weighted by molar-refractivity contribution is -0.111. The Morgan fingerprint density at radius 2 is 1.63 bits per heavy atom. The average Bonchev–Trinajstić information content (AvgIpc) is 3.32. The van der Waals surface area contributed by atoms with E-state index in [0.29, 0.717) is 16.2 Å². The van der Waals surface area contributed by atoms with Crippen molar-refractivity contribution in [1.82, 2.24) is 0 Å². The van der Waals surface area contributed by atoms with E-state index in [0.717, 1.165) is 30.1 Å². The van der Waals surface area contributed by atoms with Crippen LogP contribution in [0.15, 0.2) is 11.6 Å². The van der Waals surface area contributed by atoms with Gasteiger partial charge in [0.05, 0.1) is 6.10 Å². The minimum Gasteiger partial charge on any atom is -0.393 e. The zero-order chi connectivity index (χ0) is 21.9. The second kappa shape index (κ2) is 7.64. The van der Waals surface area contributed by atoms with Crippen LogP contribution in [0.25, 0.3) is 0 Å². The minimum atomic E-state index is -0.0849. The molecule has 1 nitrogen and oxygen atoms in total. The minimum absolute atomic E-state index is 0.0849. The summed E-state index contributed by atoms with van der Waals surface area (Å²) >= 11 is 0. The summed E-state index contributed by atoms with van der Waals surface area (Å²) in [6, 6.07) is 0. The van der Waals surface area contributed by atoms with Gasteiger partial charge in [-0.05, 0) is 130 Å². The summed E-state index contributed by atoms with van der Waals surface area (Å²) in [6.07, 6.45) is 17.4. The lowest BCUT2D eigenvalue weighted by atomic mass is 9.50. The van der Waals surface area contributed by atoms with Crippen molar-refractivity contribution in [2.45, 2.75) is 125 Å². The van der Waals surface area contributed by atoms with E-state index in [1.807, 2.05) is 0 Å². The van der Waals surface area contributed by atoms with Crippen LogP contribution < -0.4 is 0 Å². The molecule has 172 valence electrons. The summed E-state index contributed by atoms with van der Waals surface area (Å²) in [5.41, 5.74) is 3.26. The van der Waals surface area contributed by atoms with Crippen molar-refractivity contribution in [3.05, 3.63) is 11.6 Å². The van der Waals surface area contributed by atoms with Crippen molar-refractivity contribution in [2.24, 2.45) is 45.3 Å². The molecule has 4 aliphatic carbocycles. The Kier molecular flexibility index (Phi) is 5.82. The van der Waals surface area contributed by atoms with Gasteiger partial charge < -0.3 is 5.11 Å². The highest BCUT2D eigenvalue weighted by Gasteiger charge is 2.76. The maximum atomic E-state index is 10.8. The van der Waals surface area contributed by atoms with E-state index in [9.17, 15) is 5.11 Å². The maximum absolute atomic E-state index is 10.8. The van der Waals surface area contributed by atoms with Gasteiger partial charge in [0.15, 0.2) is 0 Å². The van der Waals surface area contributed by atoms with Gasteiger partial charge >= 0.3 is 0 Å². The van der Waals surface area contributed by atoms with E-state index < -0.39 is 0 Å². The molecule has 0 aromatic rings.